The highest BCUT2D eigenvalue weighted by Gasteiger charge is 2.28. The molecule has 2 aromatic rings. The fourth-order valence-electron chi connectivity index (χ4n) is 4.10. The summed E-state index contributed by atoms with van der Waals surface area (Å²) in [5.41, 5.74) is 3.10. The number of rotatable bonds is 3. The maximum Gasteiger partial charge on any atom is 0.318 e. The molecular weight excluding hydrogens is 359 g/mol. The van der Waals surface area contributed by atoms with Crippen molar-refractivity contribution in [3.05, 3.63) is 53.6 Å². The highest BCUT2D eigenvalue weighted by molar-refractivity contribution is 5.75. The predicted molar refractivity (Wildman–Crippen MR) is 105 cm³/mol. The molecule has 0 bridgehead atoms. The molecule has 0 saturated carbocycles. The number of ether oxygens (including phenoxy) is 1. The third kappa shape index (κ3) is 3.61. The van der Waals surface area contributed by atoms with Crippen molar-refractivity contribution in [2.24, 2.45) is 0 Å². The maximum absolute atomic E-state index is 13.4. The molecule has 0 aliphatic carbocycles. The Morgan fingerprint density at radius 1 is 1.36 bits per heavy atom. The second-order valence-electron chi connectivity index (χ2n) is 7.42. The van der Waals surface area contributed by atoms with E-state index in [1.165, 1.54) is 17.8 Å². The zero-order chi connectivity index (χ0) is 19.7. The van der Waals surface area contributed by atoms with Crippen molar-refractivity contribution in [3.8, 4) is 5.75 Å². The van der Waals surface area contributed by atoms with Gasteiger partial charge in [0.25, 0.3) is 0 Å². The van der Waals surface area contributed by atoms with Gasteiger partial charge in [0, 0.05) is 55.6 Å². The molecule has 6 nitrogen and oxygen atoms in total. The Bertz CT molecular complexity index is 875. The normalized spacial score (nSPS) is 19.8. The molecule has 0 spiro atoms. The average Bonchev–Trinajstić information content (AvgIpc) is 3.16. The molecule has 0 unspecified atom stereocenters. The Kier molecular flexibility index (Phi) is 5.07. The van der Waals surface area contributed by atoms with E-state index in [1.54, 1.807) is 6.07 Å². The molecule has 148 valence electrons. The smallest absolute Gasteiger partial charge is 0.318 e. The largest absolute Gasteiger partial charge is 0.493 e. The van der Waals surface area contributed by atoms with Crippen molar-refractivity contribution in [1.82, 2.24) is 15.2 Å². The molecule has 1 aromatic carbocycles. The van der Waals surface area contributed by atoms with Crippen LogP contribution in [0.4, 0.5) is 14.9 Å². The van der Waals surface area contributed by atoms with Gasteiger partial charge in [0.1, 0.15) is 5.75 Å². The summed E-state index contributed by atoms with van der Waals surface area (Å²) in [6.07, 6.45) is 2.35. The maximum atomic E-state index is 13.4. The quantitative estimate of drug-likeness (QED) is 0.826. The first-order valence-electron chi connectivity index (χ1n) is 9.71. The number of carbonyl (C=O) groups is 1. The molecule has 3 heterocycles. The van der Waals surface area contributed by atoms with Crippen LogP contribution in [-0.4, -0.2) is 48.2 Å². The first kappa shape index (κ1) is 18.5. The van der Waals surface area contributed by atoms with E-state index in [0.717, 1.165) is 23.4 Å². The number of pyridine rings is 1. The first-order chi connectivity index (χ1) is 13.5. The summed E-state index contributed by atoms with van der Waals surface area (Å²) in [6.45, 7) is 6.57. The number of anilines is 1. The van der Waals surface area contributed by atoms with Crippen LogP contribution in [0.5, 0.6) is 5.75 Å². The summed E-state index contributed by atoms with van der Waals surface area (Å²) < 4.78 is 19.1. The number of hydrogen-bond donors (Lipinski definition) is 1. The summed E-state index contributed by atoms with van der Waals surface area (Å²) in [7, 11) is 0. The van der Waals surface area contributed by atoms with E-state index in [1.807, 2.05) is 30.9 Å². The first-order valence-corrected chi connectivity index (χ1v) is 9.71. The summed E-state index contributed by atoms with van der Waals surface area (Å²) in [5, 5.41) is 3.12. The SMILES string of the molecule is C[C@@H](NC(=O)N1CCN(c2ccnc(F)c2)[C@@H](C)C1)c1cccc2c1CCO2. The number of fused-ring (bicyclic) bond motifs is 1. The number of hydrogen-bond acceptors (Lipinski definition) is 4. The van der Waals surface area contributed by atoms with Crippen LogP contribution in [0.3, 0.4) is 0 Å². The van der Waals surface area contributed by atoms with Crippen molar-refractivity contribution in [3.63, 3.8) is 0 Å². The van der Waals surface area contributed by atoms with Crippen LogP contribution in [0.25, 0.3) is 0 Å². The van der Waals surface area contributed by atoms with Crippen molar-refractivity contribution >= 4 is 11.7 Å². The number of aromatic nitrogens is 1. The zero-order valence-electron chi connectivity index (χ0n) is 16.2. The van der Waals surface area contributed by atoms with E-state index in [0.29, 0.717) is 26.2 Å². The lowest BCUT2D eigenvalue weighted by Crippen LogP contribution is -2.56. The van der Waals surface area contributed by atoms with Gasteiger partial charge in [-0.3, -0.25) is 0 Å². The van der Waals surface area contributed by atoms with Crippen LogP contribution in [-0.2, 0) is 6.42 Å². The predicted octanol–water partition coefficient (Wildman–Crippen LogP) is 3.14. The van der Waals surface area contributed by atoms with Gasteiger partial charge in [-0.05, 0) is 31.5 Å². The highest BCUT2D eigenvalue weighted by Crippen LogP contribution is 2.31. The van der Waals surface area contributed by atoms with Crippen molar-refractivity contribution < 1.29 is 13.9 Å². The van der Waals surface area contributed by atoms with Gasteiger partial charge in [-0.1, -0.05) is 12.1 Å². The lowest BCUT2D eigenvalue weighted by Gasteiger charge is -2.41. The third-order valence-corrected chi connectivity index (χ3v) is 5.54. The van der Waals surface area contributed by atoms with Crippen LogP contribution in [0.15, 0.2) is 36.5 Å². The summed E-state index contributed by atoms with van der Waals surface area (Å²) in [4.78, 5) is 20.4. The molecule has 0 radical (unpaired) electrons. The molecular formula is C21H25FN4O2. The lowest BCUT2D eigenvalue weighted by atomic mass is 9.99. The van der Waals surface area contributed by atoms with E-state index in [-0.39, 0.29) is 18.1 Å². The van der Waals surface area contributed by atoms with E-state index in [2.05, 4.69) is 21.3 Å². The summed E-state index contributed by atoms with van der Waals surface area (Å²) in [6, 6.07) is 9.16. The molecule has 7 heteroatoms. The number of amides is 2. The number of halogens is 1. The van der Waals surface area contributed by atoms with Crippen LogP contribution in [0.2, 0.25) is 0 Å². The van der Waals surface area contributed by atoms with Gasteiger partial charge in [-0.25, -0.2) is 9.78 Å². The standard InChI is InChI=1S/C21H25FN4O2/c1-14-13-25(9-10-26(14)16-6-8-23-20(22)12-16)21(27)24-15(2)17-4-3-5-19-18(17)7-11-28-19/h3-6,8,12,14-15H,7,9-11,13H2,1-2H3,(H,24,27)/t14-,15+/m0/s1. The van der Waals surface area contributed by atoms with Crippen LogP contribution in [0.1, 0.15) is 31.0 Å². The van der Waals surface area contributed by atoms with Gasteiger partial charge < -0.3 is 19.9 Å². The Morgan fingerprint density at radius 2 is 2.21 bits per heavy atom. The van der Waals surface area contributed by atoms with Gasteiger partial charge in [-0.15, -0.1) is 0 Å². The minimum absolute atomic E-state index is 0.0728. The second kappa shape index (κ2) is 7.66. The molecule has 28 heavy (non-hydrogen) atoms. The molecule has 1 aromatic heterocycles. The number of benzene rings is 1. The van der Waals surface area contributed by atoms with Gasteiger partial charge >= 0.3 is 6.03 Å². The monoisotopic (exact) mass is 384 g/mol. The Labute approximate surface area is 164 Å². The van der Waals surface area contributed by atoms with Gasteiger partial charge in [0.2, 0.25) is 5.95 Å². The highest BCUT2D eigenvalue weighted by atomic mass is 19.1. The van der Waals surface area contributed by atoms with Crippen molar-refractivity contribution in [1.29, 1.82) is 0 Å². The van der Waals surface area contributed by atoms with Crippen LogP contribution < -0.4 is 15.0 Å². The fraction of sp³-hybridized carbons (Fsp3) is 0.429. The lowest BCUT2D eigenvalue weighted by molar-refractivity contribution is 0.183. The number of nitrogens with one attached hydrogen (secondary N) is 1. The van der Waals surface area contributed by atoms with Crippen LogP contribution in [0, 0.1) is 5.95 Å². The molecule has 2 atom stereocenters. The van der Waals surface area contributed by atoms with E-state index in [9.17, 15) is 9.18 Å². The molecule has 1 N–H and O–H groups in total. The van der Waals surface area contributed by atoms with E-state index >= 15 is 0 Å². The van der Waals surface area contributed by atoms with Gasteiger partial charge in [-0.2, -0.15) is 4.39 Å². The third-order valence-electron chi connectivity index (χ3n) is 5.54. The molecule has 1 fully saturated rings. The van der Waals surface area contributed by atoms with E-state index < -0.39 is 5.95 Å². The van der Waals surface area contributed by atoms with Gasteiger partial charge in [0.05, 0.1) is 12.6 Å². The minimum atomic E-state index is -0.488. The average molecular weight is 384 g/mol. The Morgan fingerprint density at radius 3 is 3.00 bits per heavy atom. The van der Waals surface area contributed by atoms with Crippen molar-refractivity contribution in [2.45, 2.75) is 32.4 Å². The molecule has 2 aliphatic heterocycles. The van der Waals surface area contributed by atoms with Crippen molar-refractivity contribution in [2.75, 3.05) is 31.1 Å². The number of piperazine rings is 1. The Hall–Kier alpha value is -2.83. The summed E-state index contributed by atoms with van der Waals surface area (Å²) in [5.74, 6) is 0.434. The number of nitrogens with zero attached hydrogens (tertiary/aromatic N) is 3. The molecule has 2 amide bonds. The Balaban J connectivity index is 1.39. The number of carbonyl (C=O) groups excluding carboxylic acids is 1. The second-order valence-corrected chi connectivity index (χ2v) is 7.42. The molecule has 4 rings (SSSR count). The van der Waals surface area contributed by atoms with Gasteiger partial charge in [0.15, 0.2) is 0 Å². The zero-order valence-corrected chi connectivity index (χ0v) is 16.2. The summed E-state index contributed by atoms with van der Waals surface area (Å²) >= 11 is 0. The number of urea groups is 1. The minimum Gasteiger partial charge on any atom is -0.493 e. The topological polar surface area (TPSA) is 57.7 Å². The van der Waals surface area contributed by atoms with Crippen LogP contribution >= 0.6 is 0 Å². The molecule has 1 saturated heterocycles. The van der Waals surface area contributed by atoms with E-state index in [4.69, 9.17) is 4.74 Å². The molecule has 2 aliphatic rings. The fourth-order valence-corrected chi connectivity index (χ4v) is 4.10.